The average molecular weight is 393 g/mol. The lowest BCUT2D eigenvalue weighted by molar-refractivity contribution is -0.384. The lowest BCUT2D eigenvalue weighted by atomic mass is 10.2. The first-order chi connectivity index (χ1) is 13.4. The Hall–Kier alpha value is -2.88. The second-order valence-electron chi connectivity index (χ2n) is 6.41. The van der Waals surface area contributed by atoms with E-state index in [0.717, 1.165) is 0 Å². The minimum absolute atomic E-state index is 0.0321. The number of nitrogens with one attached hydrogen (secondary N) is 1. The first-order valence-corrected chi connectivity index (χ1v) is 9.28. The maximum absolute atomic E-state index is 12.4. The molecule has 2 rings (SSSR count). The smallest absolute Gasteiger partial charge is 0.320 e. The Morgan fingerprint density at radius 3 is 2.39 bits per heavy atom. The Labute approximate surface area is 164 Å². The monoisotopic (exact) mass is 393 g/mol. The molecule has 1 aromatic carbocycles. The van der Waals surface area contributed by atoms with Crippen LogP contribution < -0.4 is 10.1 Å². The summed E-state index contributed by atoms with van der Waals surface area (Å²) in [6.07, 6.45) is 0. The number of nitro groups is 1. The number of carbonyl (C=O) groups excluding carboxylic acids is 2. The molecule has 0 atom stereocenters. The molecule has 0 bridgehead atoms. The molecule has 154 valence electrons. The molecule has 1 heterocycles. The number of hydrogen-bond donors (Lipinski definition) is 1. The third kappa shape index (κ3) is 5.32. The summed E-state index contributed by atoms with van der Waals surface area (Å²) in [4.78, 5) is 40.6. The van der Waals surface area contributed by atoms with Crippen molar-refractivity contribution in [2.24, 2.45) is 0 Å². The van der Waals surface area contributed by atoms with E-state index in [0.29, 0.717) is 45.0 Å². The molecule has 1 aliphatic rings. The fourth-order valence-corrected chi connectivity index (χ4v) is 3.08. The number of carbonyl (C=O) groups is 2. The van der Waals surface area contributed by atoms with Gasteiger partial charge in [-0.05, 0) is 19.9 Å². The molecule has 28 heavy (non-hydrogen) atoms. The Morgan fingerprint density at radius 2 is 1.86 bits per heavy atom. The van der Waals surface area contributed by atoms with Crippen LogP contribution in [-0.2, 0) is 4.79 Å². The van der Waals surface area contributed by atoms with Crippen LogP contribution in [0.3, 0.4) is 0 Å². The lowest BCUT2D eigenvalue weighted by Gasteiger charge is -2.36. The van der Waals surface area contributed by atoms with E-state index in [1.54, 1.807) is 9.80 Å². The molecular formula is C18H27N5O5. The predicted molar refractivity (Wildman–Crippen MR) is 105 cm³/mol. The number of rotatable bonds is 7. The van der Waals surface area contributed by atoms with Crippen molar-refractivity contribution in [2.75, 3.05) is 58.2 Å². The normalized spacial score (nSPS) is 14.5. The van der Waals surface area contributed by atoms with Gasteiger partial charge in [-0.25, -0.2) is 4.79 Å². The maximum atomic E-state index is 12.4. The van der Waals surface area contributed by atoms with Crippen molar-refractivity contribution in [3.63, 3.8) is 0 Å². The highest BCUT2D eigenvalue weighted by Crippen LogP contribution is 2.28. The zero-order chi connectivity index (χ0) is 20.7. The molecule has 1 saturated heterocycles. The summed E-state index contributed by atoms with van der Waals surface area (Å²) in [7, 11) is 1.39. The first kappa shape index (κ1) is 21.4. The molecule has 0 unspecified atom stereocenters. The average Bonchev–Trinajstić information content (AvgIpc) is 2.69. The number of nitrogens with zero attached hydrogens (tertiary/aromatic N) is 4. The van der Waals surface area contributed by atoms with Gasteiger partial charge >= 0.3 is 6.03 Å². The second kappa shape index (κ2) is 9.88. The second-order valence-corrected chi connectivity index (χ2v) is 6.41. The van der Waals surface area contributed by atoms with Crippen LogP contribution in [0.15, 0.2) is 18.2 Å². The number of urea groups is 1. The number of methoxy groups -OCH3 is 1. The van der Waals surface area contributed by atoms with Gasteiger partial charge in [-0.2, -0.15) is 0 Å². The standard InChI is InChI=1S/C18H27N5O5/c1-4-21(5-2)18(25)22-10-8-20(9-11-22)13-17(24)19-15-7-6-14(23(26)27)12-16(15)28-3/h6-7,12H,4-5,8-11,13H2,1-3H3,(H,19,24). The van der Waals surface area contributed by atoms with Crippen molar-refractivity contribution in [2.45, 2.75) is 13.8 Å². The third-order valence-electron chi connectivity index (χ3n) is 4.71. The molecule has 0 aromatic heterocycles. The van der Waals surface area contributed by atoms with Crippen LogP contribution in [0.5, 0.6) is 5.75 Å². The quantitative estimate of drug-likeness (QED) is 0.557. The van der Waals surface area contributed by atoms with Crippen LogP contribution in [0.2, 0.25) is 0 Å². The van der Waals surface area contributed by atoms with Crippen LogP contribution in [0.25, 0.3) is 0 Å². The van der Waals surface area contributed by atoms with Crippen molar-refractivity contribution in [3.05, 3.63) is 28.3 Å². The van der Waals surface area contributed by atoms with Crippen molar-refractivity contribution < 1.29 is 19.2 Å². The van der Waals surface area contributed by atoms with Gasteiger partial charge in [0.05, 0.1) is 30.3 Å². The summed E-state index contributed by atoms with van der Waals surface area (Å²) < 4.78 is 5.13. The maximum Gasteiger partial charge on any atom is 0.320 e. The number of ether oxygens (including phenoxy) is 1. The van der Waals surface area contributed by atoms with Crippen molar-refractivity contribution in [3.8, 4) is 5.75 Å². The van der Waals surface area contributed by atoms with Gasteiger partial charge in [0.15, 0.2) is 0 Å². The minimum atomic E-state index is -0.521. The van der Waals surface area contributed by atoms with Crippen LogP contribution in [-0.4, -0.2) is 84.5 Å². The van der Waals surface area contributed by atoms with Crippen LogP contribution in [0.4, 0.5) is 16.2 Å². The predicted octanol–water partition coefficient (Wildman–Crippen LogP) is 1.62. The van der Waals surface area contributed by atoms with Crippen molar-refractivity contribution >= 4 is 23.3 Å². The van der Waals surface area contributed by atoms with E-state index in [1.807, 2.05) is 18.7 Å². The minimum Gasteiger partial charge on any atom is -0.494 e. The molecule has 10 heteroatoms. The highest BCUT2D eigenvalue weighted by atomic mass is 16.6. The van der Waals surface area contributed by atoms with Gasteiger partial charge in [0.1, 0.15) is 5.75 Å². The summed E-state index contributed by atoms with van der Waals surface area (Å²) >= 11 is 0. The largest absolute Gasteiger partial charge is 0.494 e. The van der Waals surface area contributed by atoms with Crippen LogP contribution >= 0.6 is 0 Å². The van der Waals surface area contributed by atoms with Gasteiger partial charge in [-0.15, -0.1) is 0 Å². The van der Waals surface area contributed by atoms with Gasteiger partial charge in [0.2, 0.25) is 5.91 Å². The van der Waals surface area contributed by atoms with Gasteiger partial charge in [-0.3, -0.25) is 19.8 Å². The zero-order valence-electron chi connectivity index (χ0n) is 16.5. The van der Waals surface area contributed by atoms with E-state index in [2.05, 4.69) is 5.32 Å². The molecule has 1 aliphatic heterocycles. The molecule has 0 spiro atoms. The molecule has 3 amide bonds. The number of nitro benzene ring substituents is 1. The lowest BCUT2D eigenvalue weighted by Crippen LogP contribution is -2.53. The number of amides is 3. The summed E-state index contributed by atoms with van der Waals surface area (Å²) in [6, 6.07) is 4.07. The van der Waals surface area contributed by atoms with E-state index < -0.39 is 4.92 Å². The van der Waals surface area contributed by atoms with Crippen LogP contribution in [0, 0.1) is 10.1 Å². The van der Waals surface area contributed by atoms with Gasteiger partial charge in [0.25, 0.3) is 5.69 Å². The van der Waals surface area contributed by atoms with E-state index >= 15 is 0 Å². The molecule has 1 aromatic rings. The van der Waals surface area contributed by atoms with Gasteiger partial charge < -0.3 is 19.9 Å². The first-order valence-electron chi connectivity index (χ1n) is 9.28. The van der Waals surface area contributed by atoms with Crippen molar-refractivity contribution in [1.82, 2.24) is 14.7 Å². The molecule has 0 saturated carbocycles. The zero-order valence-corrected chi connectivity index (χ0v) is 16.5. The van der Waals surface area contributed by atoms with E-state index in [1.165, 1.54) is 25.3 Å². The molecule has 10 nitrogen and oxygen atoms in total. The number of non-ortho nitro benzene ring substituents is 1. The van der Waals surface area contributed by atoms with Gasteiger partial charge in [-0.1, -0.05) is 0 Å². The van der Waals surface area contributed by atoms with Crippen molar-refractivity contribution in [1.29, 1.82) is 0 Å². The molecule has 1 N–H and O–H groups in total. The number of benzene rings is 1. The Balaban J connectivity index is 1.88. The summed E-state index contributed by atoms with van der Waals surface area (Å²) in [5.74, 6) is -0.00661. The van der Waals surface area contributed by atoms with E-state index in [4.69, 9.17) is 4.74 Å². The Morgan fingerprint density at radius 1 is 1.21 bits per heavy atom. The topological polar surface area (TPSA) is 108 Å². The highest BCUT2D eigenvalue weighted by Gasteiger charge is 2.25. The van der Waals surface area contributed by atoms with Gasteiger partial charge in [0, 0.05) is 45.3 Å². The molecular weight excluding hydrogens is 366 g/mol. The number of piperazine rings is 1. The number of anilines is 1. The van der Waals surface area contributed by atoms with Crippen LogP contribution in [0.1, 0.15) is 13.8 Å². The van der Waals surface area contributed by atoms with E-state index in [-0.39, 0.29) is 29.9 Å². The summed E-state index contributed by atoms with van der Waals surface area (Å²) in [6.45, 7) is 7.79. The molecule has 0 aliphatic carbocycles. The number of hydrogen-bond acceptors (Lipinski definition) is 6. The SMILES string of the molecule is CCN(CC)C(=O)N1CCN(CC(=O)Nc2ccc([N+](=O)[O-])cc2OC)CC1. The Bertz CT molecular complexity index is 714. The fraction of sp³-hybridized carbons (Fsp3) is 0.556. The fourth-order valence-electron chi connectivity index (χ4n) is 3.08. The highest BCUT2D eigenvalue weighted by molar-refractivity contribution is 5.94. The molecule has 1 fully saturated rings. The van der Waals surface area contributed by atoms with E-state index in [9.17, 15) is 19.7 Å². The summed E-state index contributed by atoms with van der Waals surface area (Å²) in [5.41, 5.74) is 0.275. The third-order valence-corrected chi connectivity index (χ3v) is 4.71. The molecule has 0 radical (unpaired) electrons. The Kier molecular flexibility index (Phi) is 7.56. The summed E-state index contributed by atoms with van der Waals surface area (Å²) in [5, 5.41) is 13.6.